The number of hydrogen-bond acceptors (Lipinski definition) is 4. The number of hydrogen-bond donors (Lipinski definition) is 0. The van der Waals surface area contributed by atoms with Crippen LogP contribution in [0.4, 0.5) is 8.78 Å². The third-order valence-electron chi connectivity index (χ3n) is 5.64. The summed E-state index contributed by atoms with van der Waals surface area (Å²) in [5.74, 6) is -0.335. The first-order valence-corrected chi connectivity index (χ1v) is 8.65. The monoisotopic (exact) mass is 356 g/mol. The Morgan fingerprint density at radius 2 is 2.08 bits per heavy atom. The molecule has 1 aromatic rings. The molecule has 2 saturated heterocycles. The Morgan fingerprint density at radius 1 is 1.40 bits per heavy atom. The Hall–Kier alpha value is -1.54. The molecule has 3 rings (SSSR count). The van der Waals surface area contributed by atoms with E-state index >= 15 is 0 Å². The molecule has 0 N–H and O–H groups in total. The molecule has 2 aliphatic heterocycles. The largest absolute Gasteiger partial charge is 0.383 e. The lowest BCUT2D eigenvalue weighted by molar-refractivity contribution is 0.0582. The quantitative estimate of drug-likeness (QED) is 0.827. The molecule has 1 spiro atoms. The zero-order valence-corrected chi connectivity index (χ0v) is 15.0. The second kappa shape index (κ2) is 6.99. The molecule has 1 aromatic heterocycles. The fourth-order valence-corrected chi connectivity index (χ4v) is 4.31. The minimum Gasteiger partial charge on any atom is -0.383 e. The van der Waals surface area contributed by atoms with Crippen molar-refractivity contribution >= 4 is 5.91 Å². The van der Waals surface area contributed by atoms with Gasteiger partial charge in [0, 0.05) is 46.0 Å². The normalized spacial score (nSPS) is 23.8. The van der Waals surface area contributed by atoms with Gasteiger partial charge in [0.2, 0.25) is 0 Å². The molecule has 0 aromatic carbocycles. The van der Waals surface area contributed by atoms with Gasteiger partial charge in [-0.1, -0.05) is 0 Å². The van der Waals surface area contributed by atoms with Gasteiger partial charge in [-0.3, -0.25) is 9.48 Å². The van der Waals surface area contributed by atoms with Crippen LogP contribution in [-0.2, 0) is 11.8 Å². The van der Waals surface area contributed by atoms with Gasteiger partial charge in [-0.25, -0.2) is 8.78 Å². The highest BCUT2D eigenvalue weighted by Gasteiger charge is 2.45. The molecule has 0 bridgehead atoms. The van der Waals surface area contributed by atoms with E-state index < -0.39 is 12.1 Å². The highest BCUT2D eigenvalue weighted by molar-refractivity contribution is 5.95. The Kier molecular flexibility index (Phi) is 5.11. The molecule has 2 aliphatic rings. The first-order chi connectivity index (χ1) is 11.8. The topological polar surface area (TPSA) is 50.6 Å². The maximum Gasteiger partial charge on any atom is 0.282 e. The van der Waals surface area contributed by atoms with Gasteiger partial charge in [0.15, 0.2) is 0 Å². The van der Waals surface area contributed by atoms with E-state index in [1.165, 1.54) is 10.9 Å². The number of alkyl halides is 2. The maximum absolute atomic E-state index is 13.1. The number of methoxy groups -OCH3 is 1. The minimum absolute atomic E-state index is 0.0225. The lowest BCUT2D eigenvalue weighted by Gasteiger charge is -2.39. The maximum atomic E-state index is 13.1. The van der Waals surface area contributed by atoms with Gasteiger partial charge < -0.3 is 14.5 Å². The Bertz CT molecular complexity index is 626. The summed E-state index contributed by atoms with van der Waals surface area (Å²) in [4.78, 5) is 16.7. The van der Waals surface area contributed by atoms with E-state index in [1.54, 1.807) is 19.1 Å². The van der Waals surface area contributed by atoms with Gasteiger partial charge in [0.1, 0.15) is 5.69 Å². The fourth-order valence-electron chi connectivity index (χ4n) is 4.31. The van der Waals surface area contributed by atoms with Crippen LogP contribution in [0.15, 0.2) is 6.20 Å². The molecule has 0 saturated carbocycles. The van der Waals surface area contributed by atoms with Crippen LogP contribution < -0.4 is 0 Å². The molecule has 140 valence electrons. The Morgan fingerprint density at radius 3 is 2.68 bits per heavy atom. The van der Waals surface area contributed by atoms with E-state index in [1.807, 2.05) is 0 Å². The summed E-state index contributed by atoms with van der Waals surface area (Å²) in [5.41, 5.74) is -0.197. The molecule has 25 heavy (non-hydrogen) atoms. The number of carbonyl (C=O) groups excluding carboxylic acids is 1. The molecule has 1 atom stereocenters. The number of aryl methyl sites for hydroxylation is 1. The third kappa shape index (κ3) is 3.55. The van der Waals surface area contributed by atoms with Crippen LogP contribution in [0.25, 0.3) is 0 Å². The highest BCUT2D eigenvalue weighted by Crippen LogP contribution is 2.43. The van der Waals surface area contributed by atoms with Crippen molar-refractivity contribution in [3.63, 3.8) is 0 Å². The lowest BCUT2D eigenvalue weighted by atomic mass is 9.76. The summed E-state index contributed by atoms with van der Waals surface area (Å²) in [5, 5.41) is 3.74. The number of piperidine rings is 1. The average Bonchev–Trinajstić information content (AvgIpc) is 3.09. The van der Waals surface area contributed by atoms with Gasteiger partial charge in [0.25, 0.3) is 12.3 Å². The van der Waals surface area contributed by atoms with Crippen molar-refractivity contribution in [2.75, 3.05) is 40.4 Å². The van der Waals surface area contributed by atoms with Crippen molar-refractivity contribution in [1.82, 2.24) is 19.6 Å². The Labute approximate surface area is 146 Å². The Balaban J connectivity index is 1.66. The number of aromatic nitrogens is 2. The number of likely N-dealkylation sites (tertiary alicyclic amines) is 2. The summed E-state index contributed by atoms with van der Waals surface area (Å²) in [6.45, 7) is 2.92. The molecule has 0 radical (unpaired) electrons. The van der Waals surface area contributed by atoms with E-state index in [9.17, 15) is 13.6 Å². The van der Waals surface area contributed by atoms with Crippen LogP contribution >= 0.6 is 0 Å². The molecule has 8 heteroatoms. The average molecular weight is 356 g/mol. The van der Waals surface area contributed by atoms with Gasteiger partial charge in [-0.15, -0.1) is 0 Å². The SMILES string of the molecule is COC[C@@H]1CC2(CCN(C(=O)c3cn(C)nc3C(F)F)CC2)CN1C. The standard InChI is InChI=1S/C17H26F2N4O2/c1-21-11-17(8-12(21)10-25-3)4-6-23(7-5-17)16(24)13-9-22(2)20-14(13)15(18)19/h9,12,15H,4-8,10-11H2,1-3H3/t12-/m0/s1. The zero-order chi connectivity index (χ0) is 18.2. The van der Waals surface area contributed by atoms with E-state index in [4.69, 9.17) is 4.74 Å². The fraction of sp³-hybridized carbons (Fsp3) is 0.765. The van der Waals surface area contributed by atoms with Crippen molar-refractivity contribution in [3.8, 4) is 0 Å². The number of halogens is 2. The van der Waals surface area contributed by atoms with Gasteiger partial charge in [-0.2, -0.15) is 5.10 Å². The molecular formula is C17H26F2N4O2. The highest BCUT2D eigenvalue weighted by atomic mass is 19.3. The molecule has 0 unspecified atom stereocenters. The molecular weight excluding hydrogens is 330 g/mol. The van der Waals surface area contributed by atoms with Crippen molar-refractivity contribution in [2.45, 2.75) is 31.7 Å². The molecule has 2 fully saturated rings. The first-order valence-electron chi connectivity index (χ1n) is 8.65. The van der Waals surface area contributed by atoms with Crippen molar-refractivity contribution in [2.24, 2.45) is 12.5 Å². The summed E-state index contributed by atoms with van der Waals surface area (Å²) in [7, 11) is 5.38. The number of rotatable bonds is 4. The molecule has 1 amide bonds. The van der Waals surface area contributed by atoms with E-state index in [0.717, 1.165) is 25.8 Å². The van der Waals surface area contributed by atoms with Crippen LogP contribution in [0.5, 0.6) is 0 Å². The lowest BCUT2D eigenvalue weighted by Crippen LogP contribution is -2.44. The predicted molar refractivity (Wildman–Crippen MR) is 88.6 cm³/mol. The predicted octanol–water partition coefficient (Wildman–Crippen LogP) is 1.93. The zero-order valence-electron chi connectivity index (χ0n) is 15.0. The van der Waals surface area contributed by atoms with Crippen molar-refractivity contribution < 1.29 is 18.3 Å². The molecule has 3 heterocycles. The van der Waals surface area contributed by atoms with Crippen LogP contribution in [0.3, 0.4) is 0 Å². The van der Waals surface area contributed by atoms with Gasteiger partial charge >= 0.3 is 0 Å². The van der Waals surface area contributed by atoms with E-state index in [2.05, 4.69) is 17.0 Å². The summed E-state index contributed by atoms with van der Waals surface area (Å²) >= 11 is 0. The number of amides is 1. The number of nitrogens with zero attached hydrogens (tertiary/aromatic N) is 4. The van der Waals surface area contributed by atoms with Gasteiger partial charge in [-0.05, 0) is 31.7 Å². The second-order valence-electron chi connectivity index (χ2n) is 7.42. The summed E-state index contributed by atoms with van der Waals surface area (Å²) in [6, 6.07) is 0.413. The number of carbonyl (C=O) groups is 1. The van der Waals surface area contributed by atoms with Crippen molar-refractivity contribution in [3.05, 3.63) is 17.5 Å². The summed E-state index contributed by atoms with van der Waals surface area (Å²) in [6.07, 6.45) is 1.51. The first kappa shape index (κ1) is 18.3. The second-order valence-corrected chi connectivity index (χ2v) is 7.42. The third-order valence-corrected chi connectivity index (χ3v) is 5.64. The smallest absolute Gasteiger partial charge is 0.282 e. The number of ether oxygens (including phenoxy) is 1. The van der Waals surface area contributed by atoms with Crippen LogP contribution in [0.1, 0.15) is 41.7 Å². The van der Waals surface area contributed by atoms with E-state index in [0.29, 0.717) is 25.7 Å². The molecule has 6 nitrogen and oxygen atoms in total. The minimum atomic E-state index is -2.74. The summed E-state index contributed by atoms with van der Waals surface area (Å²) < 4.78 is 32.8. The van der Waals surface area contributed by atoms with Gasteiger partial charge in [0.05, 0.1) is 12.2 Å². The van der Waals surface area contributed by atoms with Crippen LogP contribution in [0, 0.1) is 5.41 Å². The molecule has 0 aliphatic carbocycles. The number of likely N-dealkylation sites (N-methyl/N-ethyl adjacent to an activating group) is 1. The van der Waals surface area contributed by atoms with Crippen LogP contribution in [-0.4, -0.2) is 71.9 Å². The van der Waals surface area contributed by atoms with E-state index in [-0.39, 0.29) is 16.9 Å². The van der Waals surface area contributed by atoms with Crippen molar-refractivity contribution in [1.29, 1.82) is 0 Å². The van der Waals surface area contributed by atoms with Crippen LogP contribution in [0.2, 0.25) is 0 Å².